The number of esters is 4. The van der Waals surface area contributed by atoms with Gasteiger partial charge in [0.15, 0.2) is 23.6 Å². The van der Waals surface area contributed by atoms with Crippen LogP contribution in [0.15, 0.2) is 102 Å². The number of nitrogens with one attached hydrogen (secondary N) is 1. The normalized spacial score (nSPS) is 31.9. The molecule has 15 heteroatoms. The first kappa shape index (κ1) is 44.3. The van der Waals surface area contributed by atoms with Gasteiger partial charge in [0.25, 0.3) is 5.91 Å². The molecule has 4 aliphatic rings. The molecule has 0 aromatic heterocycles. The van der Waals surface area contributed by atoms with Crippen molar-refractivity contribution in [2.45, 2.75) is 108 Å². The van der Waals surface area contributed by atoms with Crippen LogP contribution in [0.3, 0.4) is 0 Å². The van der Waals surface area contributed by atoms with Crippen LogP contribution in [0.1, 0.15) is 86.7 Å². The molecule has 1 aliphatic heterocycles. The van der Waals surface area contributed by atoms with E-state index in [0.717, 1.165) is 13.8 Å². The lowest BCUT2D eigenvalue weighted by Gasteiger charge is -2.67. The fraction of sp³-hybridized carbons (Fsp3) is 0.447. The van der Waals surface area contributed by atoms with Crippen LogP contribution in [-0.4, -0.2) is 105 Å². The van der Waals surface area contributed by atoms with Crippen molar-refractivity contribution < 1.29 is 67.8 Å². The standard InChI is InChI=1S/C47H51NO14/c1-25-31(60-43(56)36(52)35(28-16-10-7-11-17-28)48-41(54)29-18-12-8-13-19-29)23-47(57)40(61-42(55)30-20-14-9-15-21-30)38-45(6,32(51)22-33-46(38,24-58-33)62-27(3)50)39(53)37(59-26(2)49)34(25)44(47,4)5/h7-21,31-33,35-38,40,51-52,57H,22-24H2,1-6H3,(H,48,54)/t31?,32-,33+,35?,36-,37?,38?,40?,45+,46?,47+/m0/s1. The van der Waals surface area contributed by atoms with Crippen LogP contribution >= 0.6 is 0 Å². The SMILES string of the molecule is CC(=O)OC1C(=O)[C@@]2(C)C(C(OC(=O)c3ccccc3)[C@]3(O)CC(OC(=O)[C@@H](O)C(NC(=O)c4ccccc4)c4ccccc4)C(C)=C1C3(C)C)C1(OC(C)=O)CO[C@@H]1C[C@@H]2O. The van der Waals surface area contributed by atoms with Gasteiger partial charge in [-0.2, -0.15) is 0 Å². The summed E-state index contributed by atoms with van der Waals surface area (Å²) < 4.78 is 30.3. The van der Waals surface area contributed by atoms with Crippen LogP contribution in [0.5, 0.6) is 0 Å². The number of benzene rings is 3. The molecule has 2 saturated carbocycles. The summed E-state index contributed by atoms with van der Waals surface area (Å²) in [6.07, 6.45) is -10.5. The molecule has 62 heavy (non-hydrogen) atoms. The molecule has 2 bridgehead atoms. The average Bonchev–Trinajstić information content (AvgIpc) is 3.24. The van der Waals surface area contributed by atoms with Crippen molar-refractivity contribution in [2.75, 3.05) is 6.61 Å². The van der Waals surface area contributed by atoms with Gasteiger partial charge in [-0.15, -0.1) is 0 Å². The van der Waals surface area contributed by atoms with E-state index in [1.54, 1.807) is 92.7 Å². The molecular weight excluding hydrogens is 803 g/mol. The Morgan fingerprint density at radius 3 is 1.95 bits per heavy atom. The van der Waals surface area contributed by atoms with Gasteiger partial charge in [-0.1, -0.05) is 80.6 Å². The van der Waals surface area contributed by atoms with Gasteiger partial charge in [0.1, 0.15) is 23.9 Å². The summed E-state index contributed by atoms with van der Waals surface area (Å²) in [5.74, 6) is -6.84. The lowest BCUT2D eigenvalue weighted by Crippen LogP contribution is -2.82. The van der Waals surface area contributed by atoms with Gasteiger partial charge < -0.3 is 44.3 Å². The maximum atomic E-state index is 15.5. The zero-order valence-electron chi connectivity index (χ0n) is 35.2. The van der Waals surface area contributed by atoms with Crippen molar-refractivity contribution in [2.24, 2.45) is 16.7 Å². The minimum absolute atomic E-state index is 0.00289. The molecule has 3 aromatic carbocycles. The molecule has 1 saturated heterocycles. The third-order valence-electron chi connectivity index (χ3n) is 13.5. The Hall–Kier alpha value is -5.74. The van der Waals surface area contributed by atoms with Crippen LogP contribution in [0.2, 0.25) is 0 Å². The van der Waals surface area contributed by atoms with Crippen molar-refractivity contribution >= 4 is 35.6 Å². The van der Waals surface area contributed by atoms with Crippen LogP contribution in [0.25, 0.3) is 0 Å². The summed E-state index contributed by atoms with van der Waals surface area (Å²) in [6, 6.07) is 22.9. The van der Waals surface area contributed by atoms with Gasteiger partial charge >= 0.3 is 23.9 Å². The average molecular weight is 854 g/mol. The highest BCUT2D eigenvalue weighted by Crippen LogP contribution is 2.64. The first-order valence-electron chi connectivity index (χ1n) is 20.5. The maximum absolute atomic E-state index is 15.5. The Morgan fingerprint density at radius 1 is 0.823 bits per heavy atom. The third-order valence-corrected chi connectivity index (χ3v) is 13.5. The predicted octanol–water partition coefficient (Wildman–Crippen LogP) is 3.74. The summed E-state index contributed by atoms with van der Waals surface area (Å²) in [5, 5.41) is 40.2. The largest absolute Gasteiger partial charge is 0.456 e. The molecular formula is C47H51NO14. The molecule has 328 valence electrons. The number of carbonyl (C=O) groups excluding carboxylic acids is 6. The number of Topliss-reactive ketones (excluding diaryl/α,β-unsaturated/α-hetero) is 1. The predicted molar refractivity (Wildman–Crippen MR) is 218 cm³/mol. The number of aliphatic hydroxyl groups is 3. The van der Waals surface area contributed by atoms with Crippen molar-refractivity contribution in [1.29, 1.82) is 0 Å². The second-order valence-corrected chi connectivity index (χ2v) is 17.4. The molecule has 7 rings (SSSR count). The Labute approximate surface area is 358 Å². The molecule has 3 aliphatic carbocycles. The fourth-order valence-electron chi connectivity index (χ4n) is 10.2. The number of fused-ring (bicyclic) bond motifs is 5. The van der Waals surface area contributed by atoms with Crippen LogP contribution < -0.4 is 5.32 Å². The number of carbonyl (C=O) groups is 6. The van der Waals surface area contributed by atoms with Gasteiger partial charge in [-0.25, -0.2) is 9.59 Å². The Bertz CT molecular complexity index is 2280. The van der Waals surface area contributed by atoms with Gasteiger partial charge in [0.2, 0.25) is 0 Å². The zero-order valence-corrected chi connectivity index (χ0v) is 35.2. The Morgan fingerprint density at radius 2 is 1.40 bits per heavy atom. The van der Waals surface area contributed by atoms with Crippen molar-refractivity contribution in [3.8, 4) is 0 Å². The number of ether oxygens (including phenoxy) is 5. The van der Waals surface area contributed by atoms with Crippen molar-refractivity contribution in [3.63, 3.8) is 0 Å². The first-order chi connectivity index (χ1) is 29.3. The maximum Gasteiger partial charge on any atom is 0.338 e. The molecule has 3 aromatic rings. The third kappa shape index (κ3) is 7.29. The summed E-state index contributed by atoms with van der Waals surface area (Å²) in [7, 11) is 0. The summed E-state index contributed by atoms with van der Waals surface area (Å²) in [5.41, 5.74) is -7.02. The Balaban J connectivity index is 1.39. The van der Waals surface area contributed by atoms with E-state index in [4.69, 9.17) is 23.7 Å². The van der Waals surface area contributed by atoms with E-state index >= 15 is 4.79 Å². The minimum Gasteiger partial charge on any atom is -0.456 e. The van der Waals surface area contributed by atoms with E-state index in [2.05, 4.69) is 5.32 Å². The van der Waals surface area contributed by atoms with E-state index in [9.17, 15) is 39.3 Å². The topological polar surface area (TPSA) is 221 Å². The van der Waals surface area contributed by atoms with Crippen molar-refractivity contribution in [1.82, 2.24) is 5.32 Å². The van der Waals surface area contributed by atoms with E-state index in [1.807, 2.05) is 0 Å². The minimum atomic E-state index is -2.39. The van der Waals surface area contributed by atoms with E-state index in [-0.39, 0.29) is 35.3 Å². The molecule has 1 amide bonds. The highest BCUT2D eigenvalue weighted by atomic mass is 16.6. The molecule has 11 atom stereocenters. The quantitative estimate of drug-likeness (QED) is 0.130. The first-order valence-corrected chi connectivity index (χ1v) is 20.5. The number of aliphatic hydroxyl groups excluding tert-OH is 2. The number of amides is 1. The number of rotatable bonds is 10. The highest BCUT2D eigenvalue weighted by molar-refractivity contribution is 5.96. The molecule has 1 heterocycles. The Kier molecular flexibility index (Phi) is 11.8. The summed E-state index contributed by atoms with van der Waals surface area (Å²) in [6.45, 7) is 7.97. The molecule has 0 spiro atoms. The van der Waals surface area contributed by atoms with E-state index in [0.29, 0.717) is 5.56 Å². The van der Waals surface area contributed by atoms with Crippen LogP contribution in [0, 0.1) is 16.7 Å². The molecule has 4 N–H and O–H groups in total. The number of ketones is 1. The zero-order chi connectivity index (χ0) is 44.9. The lowest BCUT2D eigenvalue weighted by atomic mass is 9.44. The fourth-order valence-corrected chi connectivity index (χ4v) is 10.2. The van der Waals surface area contributed by atoms with Gasteiger partial charge in [0.05, 0.1) is 35.6 Å². The smallest absolute Gasteiger partial charge is 0.338 e. The second-order valence-electron chi connectivity index (χ2n) is 17.4. The summed E-state index contributed by atoms with van der Waals surface area (Å²) in [4.78, 5) is 83.5. The molecule has 15 nitrogen and oxygen atoms in total. The van der Waals surface area contributed by atoms with Gasteiger partial charge in [-0.3, -0.25) is 19.2 Å². The van der Waals surface area contributed by atoms with Gasteiger partial charge in [0, 0.05) is 37.7 Å². The monoisotopic (exact) mass is 853 g/mol. The number of hydrogen-bond acceptors (Lipinski definition) is 14. The van der Waals surface area contributed by atoms with Gasteiger partial charge in [-0.05, 0) is 54.8 Å². The molecule has 0 radical (unpaired) electrons. The van der Waals surface area contributed by atoms with Crippen LogP contribution in [0.4, 0.5) is 0 Å². The summed E-state index contributed by atoms with van der Waals surface area (Å²) >= 11 is 0. The van der Waals surface area contributed by atoms with E-state index in [1.165, 1.54) is 26.0 Å². The highest BCUT2D eigenvalue weighted by Gasteiger charge is 2.78. The van der Waals surface area contributed by atoms with Crippen molar-refractivity contribution in [3.05, 3.63) is 119 Å². The molecule has 3 fully saturated rings. The second kappa shape index (κ2) is 16.5. The number of hydrogen-bond donors (Lipinski definition) is 4. The van der Waals surface area contributed by atoms with Crippen LogP contribution in [-0.2, 0) is 42.9 Å². The lowest BCUT2D eigenvalue weighted by molar-refractivity contribution is -0.346. The van der Waals surface area contributed by atoms with E-state index < -0.39 is 113 Å². The molecule has 6 unspecified atom stereocenters.